The number of ketones is 1. The van der Waals surface area contributed by atoms with Crippen LogP contribution >= 0.6 is 0 Å². The van der Waals surface area contributed by atoms with Gasteiger partial charge in [-0.25, -0.2) is 0 Å². The number of carbonyl (C=O) groups is 2. The molecule has 27 heavy (non-hydrogen) atoms. The van der Waals surface area contributed by atoms with Crippen molar-refractivity contribution in [1.82, 2.24) is 14.8 Å². The van der Waals surface area contributed by atoms with Crippen LogP contribution in [-0.4, -0.2) is 63.9 Å². The number of phenolic OH excluding ortho intramolecular Hbond substituents is 1. The third-order valence-electron chi connectivity index (χ3n) is 4.47. The van der Waals surface area contributed by atoms with Crippen LogP contribution < -0.4 is 0 Å². The number of Topliss-reactive ketones (excluding diaryl/α,β-unsaturated/α-hetero) is 1. The summed E-state index contributed by atoms with van der Waals surface area (Å²) in [4.78, 5) is 32.7. The van der Waals surface area contributed by atoms with E-state index >= 15 is 0 Å². The van der Waals surface area contributed by atoms with Gasteiger partial charge in [0.2, 0.25) is 0 Å². The minimum absolute atomic E-state index is 0.00977. The van der Waals surface area contributed by atoms with Crippen molar-refractivity contribution < 1.29 is 19.8 Å². The van der Waals surface area contributed by atoms with Gasteiger partial charge in [-0.15, -0.1) is 0 Å². The molecule has 2 N–H and O–H groups in total. The van der Waals surface area contributed by atoms with Crippen LogP contribution in [-0.2, 0) is 9.59 Å². The summed E-state index contributed by atoms with van der Waals surface area (Å²) in [6.45, 7) is 0.864. The molecule has 1 amide bonds. The molecule has 7 heteroatoms. The van der Waals surface area contributed by atoms with Gasteiger partial charge in [-0.05, 0) is 43.9 Å². The summed E-state index contributed by atoms with van der Waals surface area (Å²) in [5.41, 5.74) is 0.972. The quantitative estimate of drug-likeness (QED) is 0.475. The standard InChI is InChI=1S/C20H21N3O4/c1-22(2)10-11-23-17(14-4-3-5-15(24)12-14)16(19(26)20(23)27)18(25)13-6-8-21-9-7-13/h3-9,12,17,24-25H,10-11H2,1-2H3/b18-16+. The molecule has 140 valence electrons. The molecular formula is C20H21N3O4. The lowest BCUT2D eigenvalue weighted by Gasteiger charge is -2.26. The maximum atomic E-state index is 12.7. The fraction of sp³-hybridized carbons (Fsp3) is 0.250. The Kier molecular flexibility index (Phi) is 5.23. The van der Waals surface area contributed by atoms with Gasteiger partial charge in [0.05, 0.1) is 11.6 Å². The lowest BCUT2D eigenvalue weighted by Crippen LogP contribution is -2.35. The summed E-state index contributed by atoms with van der Waals surface area (Å²) < 4.78 is 0. The van der Waals surface area contributed by atoms with Crippen LogP contribution in [0.25, 0.3) is 5.76 Å². The second-order valence-corrected chi connectivity index (χ2v) is 6.63. The van der Waals surface area contributed by atoms with E-state index in [1.807, 2.05) is 19.0 Å². The average Bonchev–Trinajstić information content (AvgIpc) is 2.91. The molecule has 0 aliphatic carbocycles. The summed E-state index contributed by atoms with van der Waals surface area (Å²) in [5, 5.41) is 20.7. The Balaban J connectivity index is 2.15. The van der Waals surface area contributed by atoms with E-state index in [1.54, 1.807) is 24.3 Å². The molecule has 1 atom stereocenters. The van der Waals surface area contributed by atoms with Gasteiger partial charge in [0, 0.05) is 31.0 Å². The number of likely N-dealkylation sites (tertiary alicyclic amines) is 1. The zero-order chi connectivity index (χ0) is 19.6. The number of carbonyl (C=O) groups excluding carboxylic acids is 2. The largest absolute Gasteiger partial charge is 0.508 e. The van der Waals surface area contributed by atoms with Gasteiger partial charge >= 0.3 is 0 Å². The van der Waals surface area contributed by atoms with Gasteiger partial charge in [0.25, 0.3) is 11.7 Å². The third-order valence-corrected chi connectivity index (χ3v) is 4.47. The number of aliphatic hydroxyl groups excluding tert-OH is 1. The van der Waals surface area contributed by atoms with E-state index < -0.39 is 17.7 Å². The van der Waals surface area contributed by atoms with E-state index in [-0.39, 0.29) is 17.1 Å². The summed E-state index contributed by atoms with van der Waals surface area (Å²) >= 11 is 0. The molecule has 0 bridgehead atoms. The highest BCUT2D eigenvalue weighted by Crippen LogP contribution is 2.39. The first kappa shape index (κ1) is 18.6. The number of hydrogen-bond acceptors (Lipinski definition) is 6. The summed E-state index contributed by atoms with van der Waals surface area (Å²) in [7, 11) is 3.74. The SMILES string of the molecule is CN(C)CCN1C(=O)C(=O)/C(=C(/O)c2ccncc2)C1c1cccc(O)c1. The van der Waals surface area contributed by atoms with Gasteiger partial charge in [-0.2, -0.15) is 0 Å². The Labute approximate surface area is 157 Å². The van der Waals surface area contributed by atoms with Crippen LogP contribution in [0.4, 0.5) is 0 Å². The molecule has 0 saturated carbocycles. The van der Waals surface area contributed by atoms with Crippen LogP contribution in [0.3, 0.4) is 0 Å². The predicted octanol–water partition coefficient (Wildman–Crippen LogP) is 1.77. The Morgan fingerprint density at radius 1 is 1.19 bits per heavy atom. The Bertz CT molecular complexity index is 893. The van der Waals surface area contributed by atoms with E-state index in [2.05, 4.69) is 4.98 Å². The Morgan fingerprint density at radius 3 is 2.52 bits per heavy atom. The highest BCUT2D eigenvalue weighted by molar-refractivity contribution is 6.46. The summed E-state index contributed by atoms with van der Waals surface area (Å²) in [5.74, 6) is -1.64. The molecule has 3 rings (SSSR count). The topological polar surface area (TPSA) is 94.0 Å². The van der Waals surface area contributed by atoms with Crippen molar-refractivity contribution in [3.05, 3.63) is 65.5 Å². The first-order valence-electron chi connectivity index (χ1n) is 8.52. The molecule has 1 aliphatic rings. The third kappa shape index (κ3) is 3.68. The smallest absolute Gasteiger partial charge is 0.295 e. The zero-order valence-corrected chi connectivity index (χ0v) is 15.2. The van der Waals surface area contributed by atoms with Crippen molar-refractivity contribution in [1.29, 1.82) is 0 Å². The molecule has 1 fully saturated rings. The highest BCUT2D eigenvalue weighted by Gasteiger charge is 2.45. The number of pyridine rings is 1. The number of likely N-dealkylation sites (N-methyl/N-ethyl adjacent to an activating group) is 1. The number of aromatic nitrogens is 1. The van der Waals surface area contributed by atoms with E-state index in [0.717, 1.165) is 0 Å². The van der Waals surface area contributed by atoms with Crippen LogP contribution in [0.1, 0.15) is 17.2 Å². The number of nitrogens with zero attached hydrogens (tertiary/aromatic N) is 3. The van der Waals surface area contributed by atoms with Crippen molar-refractivity contribution in [3.8, 4) is 5.75 Å². The van der Waals surface area contributed by atoms with Crippen molar-refractivity contribution >= 4 is 17.4 Å². The summed E-state index contributed by atoms with van der Waals surface area (Å²) in [6, 6.07) is 8.74. The first-order chi connectivity index (χ1) is 12.9. The van der Waals surface area contributed by atoms with Gasteiger partial charge in [-0.1, -0.05) is 12.1 Å². The first-order valence-corrected chi connectivity index (χ1v) is 8.52. The fourth-order valence-electron chi connectivity index (χ4n) is 3.13. The van der Waals surface area contributed by atoms with E-state index in [1.165, 1.54) is 29.4 Å². The summed E-state index contributed by atoms with van der Waals surface area (Å²) in [6.07, 6.45) is 3.00. The van der Waals surface area contributed by atoms with E-state index in [0.29, 0.717) is 24.2 Å². The molecule has 1 unspecified atom stereocenters. The molecule has 2 heterocycles. The predicted molar refractivity (Wildman–Crippen MR) is 99.9 cm³/mol. The lowest BCUT2D eigenvalue weighted by molar-refractivity contribution is -0.140. The van der Waals surface area contributed by atoms with Crippen molar-refractivity contribution in [3.63, 3.8) is 0 Å². The lowest BCUT2D eigenvalue weighted by atomic mass is 9.95. The maximum Gasteiger partial charge on any atom is 0.295 e. The molecule has 1 aromatic carbocycles. The van der Waals surface area contributed by atoms with Gasteiger partial charge in [0.15, 0.2) is 0 Å². The maximum absolute atomic E-state index is 12.7. The molecule has 1 aliphatic heterocycles. The number of amides is 1. The normalized spacial score (nSPS) is 19.1. The number of hydrogen-bond donors (Lipinski definition) is 2. The second kappa shape index (κ2) is 7.59. The number of rotatable bonds is 5. The number of aliphatic hydroxyl groups is 1. The van der Waals surface area contributed by atoms with Gasteiger partial charge in [-0.3, -0.25) is 14.6 Å². The second-order valence-electron chi connectivity index (χ2n) is 6.63. The van der Waals surface area contributed by atoms with Crippen molar-refractivity contribution in [2.45, 2.75) is 6.04 Å². The highest BCUT2D eigenvalue weighted by atomic mass is 16.3. The average molecular weight is 367 g/mol. The Morgan fingerprint density at radius 2 is 1.89 bits per heavy atom. The molecule has 0 radical (unpaired) electrons. The zero-order valence-electron chi connectivity index (χ0n) is 15.2. The van der Waals surface area contributed by atoms with Crippen LogP contribution in [0.5, 0.6) is 5.75 Å². The van der Waals surface area contributed by atoms with Gasteiger partial charge < -0.3 is 20.0 Å². The molecular weight excluding hydrogens is 346 g/mol. The van der Waals surface area contributed by atoms with Crippen LogP contribution in [0, 0.1) is 0 Å². The van der Waals surface area contributed by atoms with E-state index in [4.69, 9.17) is 0 Å². The van der Waals surface area contributed by atoms with Crippen molar-refractivity contribution in [2.75, 3.05) is 27.2 Å². The molecule has 0 spiro atoms. The monoisotopic (exact) mass is 367 g/mol. The number of aromatic hydroxyl groups is 1. The Hall–Kier alpha value is -3.19. The number of benzene rings is 1. The number of phenols is 1. The molecule has 1 aromatic heterocycles. The molecule has 1 saturated heterocycles. The van der Waals surface area contributed by atoms with Crippen LogP contribution in [0.15, 0.2) is 54.4 Å². The molecule has 7 nitrogen and oxygen atoms in total. The van der Waals surface area contributed by atoms with E-state index in [9.17, 15) is 19.8 Å². The minimum atomic E-state index is -0.773. The molecule has 2 aromatic rings. The van der Waals surface area contributed by atoms with Gasteiger partial charge in [0.1, 0.15) is 11.5 Å². The minimum Gasteiger partial charge on any atom is -0.508 e. The van der Waals surface area contributed by atoms with Crippen molar-refractivity contribution in [2.24, 2.45) is 0 Å². The van der Waals surface area contributed by atoms with Crippen LogP contribution in [0.2, 0.25) is 0 Å². The fourth-order valence-corrected chi connectivity index (χ4v) is 3.13.